The molecule has 8 heteroatoms. The summed E-state index contributed by atoms with van der Waals surface area (Å²) in [6.45, 7) is 3.63. The summed E-state index contributed by atoms with van der Waals surface area (Å²) in [5.74, 6) is -0.377. The van der Waals surface area contributed by atoms with Crippen molar-refractivity contribution >= 4 is 60.5 Å². The molecule has 1 heterocycles. The van der Waals surface area contributed by atoms with Crippen LogP contribution in [0.25, 0.3) is 0 Å². The number of carbonyl (C=O) groups excluding carboxylic acids is 1. The summed E-state index contributed by atoms with van der Waals surface area (Å²) in [6.07, 6.45) is 0. The van der Waals surface area contributed by atoms with E-state index in [9.17, 15) is 14.9 Å². The van der Waals surface area contributed by atoms with Crippen molar-refractivity contribution in [2.45, 2.75) is 13.8 Å². The SMILES string of the molecule is Cc1cc(NC(=O)c2cc(Br)c(Br)s2)c([N+](=O)[O-])cc1C. The highest BCUT2D eigenvalue weighted by molar-refractivity contribution is 9.13. The van der Waals surface area contributed by atoms with Crippen LogP contribution < -0.4 is 5.32 Å². The summed E-state index contributed by atoms with van der Waals surface area (Å²) in [5, 5.41) is 13.7. The Morgan fingerprint density at radius 2 is 1.86 bits per heavy atom. The number of thiophene rings is 1. The lowest BCUT2D eigenvalue weighted by molar-refractivity contribution is -0.384. The molecular formula is C13H10Br2N2O3S. The largest absolute Gasteiger partial charge is 0.316 e. The van der Waals surface area contributed by atoms with Crippen LogP contribution in [0, 0.1) is 24.0 Å². The number of hydrogen-bond acceptors (Lipinski definition) is 4. The van der Waals surface area contributed by atoms with Gasteiger partial charge in [-0.05, 0) is 69.0 Å². The molecule has 110 valence electrons. The maximum atomic E-state index is 12.2. The number of rotatable bonds is 3. The summed E-state index contributed by atoms with van der Waals surface area (Å²) in [7, 11) is 0. The summed E-state index contributed by atoms with van der Waals surface area (Å²) in [5.41, 5.74) is 1.78. The predicted octanol–water partition coefficient (Wildman–Crippen LogP) is 5.05. The van der Waals surface area contributed by atoms with Gasteiger partial charge in [-0.1, -0.05) is 0 Å². The van der Waals surface area contributed by atoms with Crippen molar-refractivity contribution in [1.82, 2.24) is 0 Å². The van der Waals surface area contributed by atoms with Crippen LogP contribution in [-0.4, -0.2) is 10.8 Å². The minimum Gasteiger partial charge on any atom is -0.316 e. The molecule has 0 unspecified atom stereocenters. The van der Waals surface area contributed by atoms with Crippen molar-refractivity contribution in [3.05, 3.63) is 52.6 Å². The molecule has 1 aromatic heterocycles. The second-order valence-electron chi connectivity index (χ2n) is 4.40. The van der Waals surface area contributed by atoms with Crippen LogP contribution in [0.2, 0.25) is 0 Å². The number of benzene rings is 1. The summed E-state index contributed by atoms with van der Waals surface area (Å²) >= 11 is 7.87. The molecule has 0 atom stereocenters. The third-order valence-electron chi connectivity index (χ3n) is 2.93. The fourth-order valence-corrected chi connectivity index (χ4v) is 3.63. The second-order valence-corrected chi connectivity index (χ2v) is 7.62. The molecule has 2 aromatic rings. The van der Waals surface area contributed by atoms with E-state index in [4.69, 9.17) is 0 Å². The number of halogens is 2. The minimum absolute atomic E-state index is 0.110. The molecule has 5 nitrogen and oxygen atoms in total. The lowest BCUT2D eigenvalue weighted by Crippen LogP contribution is -2.12. The fourth-order valence-electron chi connectivity index (χ4n) is 1.69. The molecule has 0 aliphatic rings. The third-order valence-corrected chi connectivity index (χ3v) is 6.18. The summed E-state index contributed by atoms with van der Waals surface area (Å²) in [4.78, 5) is 23.3. The zero-order valence-corrected chi connectivity index (χ0v) is 15.1. The Morgan fingerprint density at radius 3 is 2.38 bits per heavy atom. The quantitative estimate of drug-likeness (QED) is 0.543. The molecule has 0 saturated carbocycles. The summed E-state index contributed by atoms with van der Waals surface area (Å²) < 4.78 is 1.56. The Bertz CT molecular complexity index is 724. The van der Waals surface area contributed by atoms with Crippen molar-refractivity contribution in [1.29, 1.82) is 0 Å². The molecule has 0 aliphatic carbocycles. The van der Waals surface area contributed by atoms with Gasteiger partial charge in [0.25, 0.3) is 11.6 Å². The van der Waals surface area contributed by atoms with E-state index in [1.165, 1.54) is 17.4 Å². The first-order valence-corrected chi connectivity index (χ1v) is 8.21. The number of nitro groups is 1. The van der Waals surface area contributed by atoms with E-state index in [2.05, 4.69) is 37.2 Å². The molecule has 0 saturated heterocycles. The van der Waals surface area contributed by atoms with Gasteiger partial charge in [0, 0.05) is 10.5 Å². The smallest absolute Gasteiger partial charge is 0.293 e. The lowest BCUT2D eigenvalue weighted by Gasteiger charge is -2.08. The number of aryl methyl sites for hydroxylation is 2. The van der Waals surface area contributed by atoms with E-state index in [1.807, 2.05) is 6.92 Å². The van der Waals surface area contributed by atoms with Crippen molar-refractivity contribution in [2.75, 3.05) is 5.32 Å². The van der Waals surface area contributed by atoms with Gasteiger partial charge in [0.05, 0.1) is 13.6 Å². The monoisotopic (exact) mass is 432 g/mol. The van der Waals surface area contributed by atoms with Gasteiger partial charge in [-0.3, -0.25) is 14.9 Å². The zero-order chi connectivity index (χ0) is 15.7. The molecule has 1 aromatic carbocycles. The highest BCUT2D eigenvalue weighted by Crippen LogP contribution is 2.34. The van der Waals surface area contributed by atoms with Gasteiger partial charge in [0.2, 0.25) is 0 Å². The number of anilines is 1. The van der Waals surface area contributed by atoms with Crippen molar-refractivity contribution in [3.63, 3.8) is 0 Å². The van der Waals surface area contributed by atoms with Crippen LogP contribution in [0.4, 0.5) is 11.4 Å². The molecular weight excluding hydrogens is 424 g/mol. The average molecular weight is 434 g/mol. The van der Waals surface area contributed by atoms with E-state index in [1.54, 1.807) is 19.1 Å². The molecule has 0 spiro atoms. The standard InChI is InChI=1S/C13H10Br2N2O3S/c1-6-3-9(10(17(19)20)4-7(6)2)16-13(18)11-5-8(14)12(15)21-11/h3-5H,1-2H3,(H,16,18). The van der Waals surface area contributed by atoms with Crippen LogP contribution in [0.3, 0.4) is 0 Å². The maximum Gasteiger partial charge on any atom is 0.293 e. The Labute approximate surface area is 141 Å². The van der Waals surface area contributed by atoms with Crippen molar-refractivity contribution in [2.24, 2.45) is 0 Å². The van der Waals surface area contributed by atoms with Crippen molar-refractivity contribution in [3.8, 4) is 0 Å². The van der Waals surface area contributed by atoms with Gasteiger partial charge in [0.1, 0.15) is 5.69 Å². The molecule has 2 rings (SSSR count). The van der Waals surface area contributed by atoms with E-state index >= 15 is 0 Å². The molecule has 0 radical (unpaired) electrons. The number of hydrogen-bond donors (Lipinski definition) is 1. The first-order chi connectivity index (χ1) is 9.79. The first kappa shape index (κ1) is 16.1. The van der Waals surface area contributed by atoms with E-state index in [0.29, 0.717) is 4.88 Å². The molecule has 1 amide bonds. The normalized spacial score (nSPS) is 10.5. The Morgan fingerprint density at radius 1 is 1.24 bits per heavy atom. The predicted molar refractivity (Wildman–Crippen MR) is 90.2 cm³/mol. The number of nitrogens with one attached hydrogen (secondary N) is 1. The maximum absolute atomic E-state index is 12.2. The molecule has 0 bridgehead atoms. The van der Waals surface area contributed by atoms with E-state index in [0.717, 1.165) is 19.4 Å². The Balaban J connectivity index is 2.36. The van der Waals surface area contributed by atoms with Gasteiger partial charge in [-0.25, -0.2) is 0 Å². The lowest BCUT2D eigenvalue weighted by atomic mass is 10.1. The Hall–Kier alpha value is -1.25. The van der Waals surface area contributed by atoms with E-state index in [-0.39, 0.29) is 17.3 Å². The van der Waals surface area contributed by atoms with Crippen LogP contribution in [0.15, 0.2) is 26.5 Å². The van der Waals surface area contributed by atoms with Gasteiger partial charge in [0.15, 0.2) is 0 Å². The first-order valence-electron chi connectivity index (χ1n) is 5.81. The number of carbonyl (C=O) groups is 1. The molecule has 0 aliphatic heterocycles. The Kier molecular flexibility index (Phi) is 4.80. The highest BCUT2D eigenvalue weighted by Gasteiger charge is 2.19. The van der Waals surface area contributed by atoms with Crippen molar-refractivity contribution < 1.29 is 9.72 Å². The number of amides is 1. The van der Waals surface area contributed by atoms with Crippen LogP contribution >= 0.6 is 43.2 Å². The van der Waals surface area contributed by atoms with Gasteiger partial charge in [-0.15, -0.1) is 11.3 Å². The van der Waals surface area contributed by atoms with Gasteiger partial charge >= 0.3 is 0 Å². The average Bonchev–Trinajstić information content (AvgIpc) is 2.73. The van der Waals surface area contributed by atoms with Gasteiger partial charge in [-0.2, -0.15) is 0 Å². The molecule has 1 N–H and O–H groups in total. The van der Waals surface area contributed by atoms with Crippen LogP contribution in [-0.2, 0) is 0 Å². The van der Waals surface area contributed by atoms with E-state index < -0.39 is 4.92 Å². The van der Waals surface area contributed by atoms with Crippen LogP contribution in [0.5, 0.6) is 0 Å². The molecule has 0 fully saturated rings. The number of nitrogens with zero attached hydrogens (tertiary/aromatic N) is 1. The third kappa shape index (κ3) is 3.50. The summed E-state index contributed by atoms with van der Waals surface area (Å²) in [6, 6.07) is 4.74. The topological polar surface area (TPSA) is 72.2 Å². The van der Waals surface area contributed by atoms with Gasteiger partial charge < -0.3 is 5.32 Å². The second kappa shape index (κ2) is 6.25. The zero-order valence-electron chi connectivity index (χ0n) is 11.1. The highest BCUT2D eigenvalue weighted by atomic mass is 79.9. The fraction of sp³-hybridized carbons (Fsp3) is 0.154. The molecule has 21 heavy (non-hydrogen) atoms. The minimum atomic E-state index is -0.498. The van der Waals surface area contributed by atoms with Crippen LogP contribution in [0.1, 0.15) is 20.8 Å². The number of nitro benzene ring substituents is 1.